The maximum atomic E-state index is 12.1. The highest BCUT2D eigenvalue weighted by molar-refractivity contribution is 5.68. The van der Waals surface area contributed by atoms with Crippen LogP contribution in [0.5, 0.6) is 0 Å². The number of likely N-dealkylation sites (tertiary alicyclic amines) is 1. The van der Waals surface area contributed by atoms with Gasteiger partial charge in [-0.1, -0.05) is 0 Å². The van der Waals surface area contributed by atoms with E-state index in [1.807, 2.05) is 20.8 Å². The van der Waals surface area contributed by atoms with Crippen molar-refractivity contribution in [3.63, 3.8) is 0 Å². The molecule has 2 fully saturated rings. The Morgan fingerprint density at radius 2 is 1.90 bits per heavy atom. The van der Waals surface area contributed by atoms with E-state index in [1.165, 1.54) is 0 Å². The van der Waals surface area contributed by atoms with Crippen LogP contribution in [-0.2, 0) is 9.47 Å². The minimum absolute atomic E-state index is 0.332. The van der Waals surface area contributed by atoms with Crippen molar-refractivity contribution in [1.82, 2.24) is 4.90 Å². The van der Waals surface area contributed by atoms with Crippen molar-refractivity contribution >= 4 is 6.09 Å². The number of amides is 1. The van der Waals surface area contributed by atoms with Gasteiger partial charge in [0.15, 0.2) is 0 Å². The number of rotatable bonds is 1. The maximum absolute atomic E-state index is 12.1. The van der Waals surface area contributed by atoms with Gasteiger partial charge in [0.2, 0.25) is 0 Å². The van der Waals surface area contributed by atoms with Crippen molar-refractivity contribution in [2.45, 2.75) is 56.8 Å². The second-order valence-corrected chi connectivity index (χ2v) is 6.95. The molecular weight excluding hydrogens is 260 g/mol. The molecule has 0 radical (unpaired) electrons. The van der Waals surface area contributed by atoms with E-state index in [-0.39, 0.29) is 6.09 Å². The van der Waals surface area contributed by atoms with Gasteiger partial charge >= 0.3 is 6.09 Å². The smallest absolute Gasteiger partial charge is 0.410 e. The topological polar surface area (TPSA) is 85.0 Å². The lowest BCUT2D eigenvalue weighted by Crippen LogP contribution is -2.64. The van der Waals surface area contributed by atoms with E-state index in [0.717, 1.165) is 0 Å². The minimum Gasteiger partial charge on any atom is -0.444 e. The van der Waals surface area contributed by atoms with Gasteiger partial charge in [0.1, 0.15) is 5.60 Å². The first-order valence-electron chi connectivity index (χ1n) is 7.22. The number of carbonyl (C=O) groups excluding carboxylic acids is 1. The third kappa shape index (κ3) is 3.07. The fourth-order valence-electron chi connectivity index (χ4n) is 2.90. The van der Waals surface area contributed by atoms with E-state index in [4.69, 9.17) is 15.2 Å². The molecule has 0 aromatic rings. The van der Waals surface area contributed by atoms with Crippen LogP contribution in [-0.4, -0.2) is 59.1 Å². The number of ether oxygens (including phenoxy) is 2. The van der Waals surface area contributed by atoms with Crippen molar-refractivity contribution in [2.75, 3.05) is 26.3 Å². The monoisotopic (exact) mass is 286 g/mol. The summed E-state index contributed by atoms with van der Waals surface area (Å²) in [5.74, 6) is 0. The van der Waals surface area contributed by atoms with Crippen molar-refractivity contribution in [1.29, 1.82) is 0 Å². The number of carbonyl (C=O) groups is 1. The second-order valence-electron chi connectivity index (χ2n) is 6.95. The lowest BCUT2D eigenvalue weighted by molar-refractivity contribution is -0.107. The fourth-order valence-corrected chi connectivity index (χ4v) is 2.90. The Bertz CT molecular complexity index is 374. The lowest BCUT2D eigenvalue weighted by atomic mass is 9.74. The third-order valence-electron chi connectivity index (χ3n) is 4.20. The summed E-state index contributed by atoms with van der Waals surface area (Å²) in [6.45, 7) is 7.39. The minimum atomic E-state index is -0.956. The van der Waals surface area contributed by atoms with E-state index in [2.05, 4.69) is 0 Å². The van der Waals surface area contributed by atoms with E-state index in [0.29, 0.717) is 45.6 Å². The predicted octanol–water partition coefficient (Wildman–Crippen LogP) is 0.866. The molecule has 0 aliphatic carbocycles. The van der Waals surface area contributed by atoms with Crippen molar-refractivity contribution < 1.29 is 19.4 Å². The molecule has 6 heteroatoms. The zero-order valence-electron chi connectivity index (χ0n) is 12.6. The van der Waals surface area contributed by atoms with Gasteiger partial charge in [-0.05, 0) is 27.2 Å². The highest BCUT2D eigenvalue weighted by Crippen LogP contribution is 2.37. The highest BCUT2D eigenvalue weighted by atomic mass is 16.6. The molecular formula is C14H26N2O4. The van der Waals surface area contributed by atoms with Crippen LogP contribution in [0, 0.1) is 0 Å². The number of nitrogens with zero attached hydrogens (tertiary/aromatic N) is 1. The van der Waals surface area contributed by atoms with Crippen LogP contribution in [0.1, 0.15) is 40.0 Å². The van der Waals surface area contributed by atoms with Crippen molar-refractivity contribution in [2.24, 2.45) is 5.73 Å². The summed E-state index contributed by atoms with van der Waals surface area (Å²) < 4.78 is 10.6. The van der Waals surface area contributed by atoms with E-state index in [1.54, 1.807) is 4.90 Å². The largest absolute Gasteiger partial charge is 0.444 e. The van der Waals surface area contributed by atoms with Crippen LogP contribution >= 0.6 is 0 Å². The lowest BCUT2D eigenvalue weighted by Gasteiger charge is -2.44. The summed E-state index contributed by atoms with van der Waals surface area (Å²) in [6, 6.07) is 0. The van der Waals surface area contributed by atoms with Crippen LogP contribution < -0.4 is 5.73 Å². The average Bonchev–Trinajstić information content (AvgIpc) is 2.73. The van der Waals surface area contributed by atoms with Crippen LogP contribution in [0.3, 0.4) is 0 Å². The molecule has 0 saturated carbocycles. The van der Waals surface area contributed by atoms with Crippen LogP contribution in [0.2, 0.25) is 0 Å². The Balaban J connectivity index is 2.02. The predicted molar refractivity (Wildman–Crippen MR) is 74.3 cm³/mol. The fraction of sp³-hybridized carbons (Fsp3) is 0.929. The molecule has 0 spiro atoms. The first-order valence-corrected chi connectivity index (χ1v) is 7.22. The number of nitrogens with two attached hydrogens (primary N) is 1. The van der Waals surface area contributed by atoms with Gasteiger partial charge in [0.05, 0.1) is 11.1 Å². The van der Waals surface area contributed by atoms with Gasteiger partial charge in [0.25, 0.3) is 0 Å². The van der Waals surface area contributed by atoms with Gasteiger partial charge in [-0.2, -0.15) is 0 Å². The molecule has 2 saturated heterocycles. The maximum Gasteiger partial charge on any atom is 0.410 e. The molecule has 2 rings (SSSR count). The van der Waals surface area contributed by atoms with Crippen molar-refractivity contribution in [3.05, 3.63) is 0 Å². The normalized spacial score (nSPS) is 30.4. The molecule has 1 amide bonds. The molecule has 2 heterocycles. The zero-order chi connectivity index (χ0) is 15.0. The molecule has 6 nitrogen and oxygen atoms in total. The number of aliphatic hydroxyl groups is 1. The quantitative estimate of drug-likeness (QED) is 0.747. The molecule has 1 unspecified atom stereocenters. The van der Waals surface area contributed by atoms with E-state index < -0.39 is 16.7 Å². The molecule has 2 aliphatic rings. The molecule has 116 valence electrons. The number of hydrogen-bond donors (Lipinski definition) is 2. The molecule has 0 bridgehead atoms. The van der Waals surface area contributed by atoms with Gasteiger partial charge in [-0.25, -0.2) is 4.79 Å². The summed E-state index contributed by atoms with van der Waals surface area (Å²) >= 11 is 0. The van der Waals surface area contributed by atoms with Crippen LogP contribution in [0.15, 0.2) is 0 Å². The molecule has 1 atom stereocenters. The summed E-state index contributed by atoms with van der Waals surface area (Å²) in [5, 5.41) is 10.8. The molecule has 0 aromatic heterocycles. The van der Waals surface area contributed by atoms with Crippen LogP contribution in [0.25, 0.3) is 0 Å². The SMILES string of the molecule is CC(C)(C)OC(=O)N1CCC(N)(C2(O)CCOCC2)C1. The zero-order valence-corrected chi connectivity index (χ0v) is 12.6. The Morgan fingerprint density at radius 3 is 2.45 bits per heavy atom. The Hall–Kier alpha value is -0.850. The first kappa shape index (κ1) is 15.5. The summed E-state index contributed by atoms with van der Waals surface area (Å²) in [5.41, 5.74) is 4.16. The van der Waals surface area contributed by atoms with Gasteiger partial charge in [0, 0.05) is 39.1 Å². The second kappa shape index (κ2) is 5.16. The Labute approximate surface area is 120 Å². The first-order chi connectivity index (χ1) is 9.15. The molecule has 0 aromatic carbocycles. The van der Waals surface area contributed by atoms with Gasteiger partial charge in [-0.3, -0.25) is 0 Å². The third-order valence-corrected chi connectivity index (χ3v) is 4.20. The van der Waals surface area contributed by atoms with Gasteiger partial charge < -0.3 is 25.2 Å². The summed E-state index contributed by atoms with van der Waals surface area (Å²) in [6.07, 6.45) is 1.26. The van der Waals surface area contributed by atoms with Crippen LogP contribution in [0.4, 0.5) is 4.79 Å². The van der Waals surface area contributed by atoms with Crippen molar-refractivity contribution in [3.8, 4) is 0 Å². The number of hydrogen-bond acceptors (Lipinski definition) is 5. The average molecular weight is 286 g/mol. The summed E-state index contributed by atoms with van der Waals surface area (Å²) in [7, 11) is 0. The molecule has 3 N–H and O–H groups in total. The molecule has 2 aliphatic heterocycles. The van der Waals surface area contributed by atoms with Gasteiger partial charge in [-0.15, -0.1) is 0 Å². The standard InChI is InChI=1S/C14H26N2O4/c1-12(2,3)20-11(17)16-7-4-13(15,10-16)14(18)5-8-19-9-6-14/h18H,4-10,15H2,1-3H3. The molecule has 20 heavy (non-hydrogen) atoms. The Kier molecular flexibility index (Phi) is 4.01. The van der Waals surface area contributed by atoms with E-state index >= 15 is 0 Å². The van der Waals surface area contributed by atoms with E-state index in [9.17, 15) is 9.90 Å². The Morgan fingerprint density at radius 1 is 1.30 bits per heavy atom. The highest BCUT2D eigenvalue weighted by Gasteiger charge is 2.53. The summed E-state index contributed by atoms with van der Waals surface area (Å²) in [4.78, 5) is 13.7.